The lowest BCUT2D eigenvalue weighted by Crippen LogP contribution is -2.47. The van der Waals surface area contributed by atoms with E-state index in [0.29, 0.717) is 12.5 Å². The zero-order chi connectivity index (χ0) is 15.4. The highest BCUT2D eigenvalue weighted by molar-refractivity contribution is 7.10. The van der Waals surface area contributed by atoms with Gasteiger partial charge in [-0.15, -0.1) is 11.3 Å². The summed E-state index contributed by atoms with van der Waals surface area (Å²) in [6.45, 7) is 5.49. The number of hydrogen-bond donors (Lipinski definition) is 2. The lowest BCUT2D eigenvalue weighted by atomic mass is 9.98. The molecule has 2 aliphatic rings. The second-order valence-corrected chi connectivity index (χ2v) is 7.24. The molecule has 3 rings (SSSR count). The van der Waals surface area contributed by atoms with Crippen molar-refractivity contribution >= 4 is 17.4 Å². The molecule has 1 fully saturated rings. The van der Waals surface area contributed by atoms with Gasteiger partial charge in [-0.25, -0.2) is 4.79 Å². The number of urea groups is 1. The number of likely N-dealkylation sites (tertiary alicyclic amines) is 1. The molecular formula is C16H25N3O2S. The van der Waals surface area contributed by atoms with Crippen LogP contribution in [0.3, 0.4) is 0 Å². The Morgan fingerprint density at radius 2 is 2.18 bits per heavy atom. The van der Waals surface area contributed by atoms with Crippen molar-refractivity contribution in [2.45, 2.75) is 25.8 Å². The topological polar surface area (TPSA) is 55.8 Å². The Bertz CT molecular complexity index is 497. The highest BCUT2D eigenvalue weighted by atomic mass is 32.1. The zero-order valence-electron chi connectivity index (χ0n) is 13.0. The number of fused-ring (bicyclic) bond motifs is 1. The van der Waals surface area contributed by atoms with Gasteiger partial charge in [0.05, 0.1) is 0 Å². The highest BCUT2D eigenvalue weighted by Crippen LogP contribution is 2.23. The zero-order valence-corrected chi connectivity index (χ0v) is 13.8. The average Bonchev–Trinajstić information content (AvgIpc) is 3.02. The minimum absolute atomic E-state index is 0.0459. The van der Waals surface area contributed by atoms with Crippen molar-refractivity contribution < 1.29 is 9.90 Å². The molecule has 0 saturated carbocycles. The lowest BCUT2D eigenvalue weighted by Gasteiger charge is -2.32. The lowest BCUT2D eigenvalue weighted by molar-refractivity contribution is 0.136. The first-order valence-corrected chi connectivity index (χ1v) is 9.05. The summed E-state index contributed by atoms with van der Waals surface area (Å²) in [5.41, 5.74) is 1.45. The Kier molecular flexibility index (Phi) is 5.33. The maximum Gasteiger partial charge on any atom is 0.317 e. The van der Waals surface area contributed by atoms with Gasteiger partial charge in [0.2, 0.25) is 0 Å². The Balaban J connectivity index is 1.36. The molecule has 1 aromatic rings. The summed E-state index contributed by atoms with van der Waals surface area (Å²) in [7, 11) is 0. The van der Waals surface area contributed by atoms with E-state index in [0.717, 1.165) is 52.0 Å². The normalized spacial score (nSPS) is 20.0. The van der Waals surface area contributed by atoms with Gasteiger partial charge in [0, 0.05) is 50.8 Å². The summed E-state index contributed by atoms with van der Waals surface area (Å²) in [5.74, 6) is 0.372. The van der Waals surface area contributed by atoms with E-state index < -0.39 is 0 Å². The van der Waals surface area contributed by atoms with E-state index in [1.165, 1.54) is 10.4 Å². The summed E-state index contributed by atoms with van der Waals surface area (Å²) >= 11 is 1.86. The van der Waals surface area contributed by atoms with Gasteiger partial charge in [0.1, 0.15) is 0 Å². The first-order valence-electron chi connectivity index (χ1n) is 8.17. The minimum Gasteiger partial charge on any atom is -0.396 e. The van der Waals surface area contributed by atoms with Crippen LogP contribution in [0.25, 0.3) is 0 Å². The van der Waals surface area contributed by atoms with Crippen molar-refractivity contribution in [3.63, 3.8) is 0 Å². The molecule has 0 unspecified atom stereocenters. The second kappa shape index (κ2) is 7.44. The van der Waals surface area contributed by atoms with Crippen LogP contribution in [0.1, 0.15) is 23.3 Å². The number of thiophene rings is 1. The van der Waals surface area contributed by atoms with Crippen LogP contribution in [0, 0.1) is 5.92 Å². The third-order valence-electron chi connectivity index (χ3n) is 4.75. The minimum atomic E-state index is 0.0459. The number of rotatable bonds is 4. The van der Waals surface area contributed by atoms with Gasteiger partial charge >= 0.3 is 6.03 Å². The predicted molar refractivity (Wildman–Crippen MR) is 88.1 cm³/mol. The monoisotopic (exact) mass is 323 g/mol. The molecule has 6 heteroatoms. The van der Waals surface area contributed by atoms with Crippen LogP contribution < -0.4 is 5.32 Å². The average molecular weight is 323 g/mol. The Labute approximate surface area is 135 Å². The number of aliphatic hydroxyl groups is 1. The van der Waals surface area contributed by atoms with Gasteiger partial charge < -0.3 is 15.3 Å². The number of hydrogen-bond acceptors (Lipinski definition) is 4. The van der Waals surface area contributed by atoms with Gasteiger partial charge in [0.15, 0.2) is 0 Å². The van der Waals surface area contributed by atoms with E-state index in [1.54, 1.807) is 0 Å². The molecule has 0 bridgehead atoms. The van der Waals surface area contributed by atoms with Gasteiger partial charge in [-0.1, -0.05) is 0 Å². The van der Waals surface area contributed by atoms with Crippen molar-refractivity contribution in [1.29, 1.82) is 0 Å². The van der Waals surface area contributed by atoms with Crippen LogP contribution in [0.2, 0.25) is 0 Å². The number of aliphatic hydroxyl groups excluding tert-OH is 1. The molecule has 122 valence electrons. The van der Waals surface area contributed by atoms with Gasteiger partial charge in [0.25, 0.3) is 0 Å². The standard InChI is InChI=1S/C16H25N3O2S/c20-12-13-1-7-19(8-2-13)16(21)17-5-9-18-6-3-15-14(11-18)4-10-22-15/h4,10,13,20H,1-3,5-9,11-12H2,(H,17,21). The number of nitrogens with one attached hydrogen (secondary N) is 1. The molecule has 0 atom stereocenters. The summed E-state index contributed by atoms with van der Waals surface area (Å²) in [5, 5.41) is 14.3. The van der Waals surface area contributed by atoms with E-state index in [9.17, 15) is 4.79 Å². The molecule has 2 amide bonds. The molecule has 22 heavy (non-hydrogen) atoms. The fourth-order valence-corrected chi connectivity index (χ4v) is 4.14. The van der Waals surface area contributed by atoms with Crippen LogP contribution in [0.4, 0.5) is 4.79 Å². The Hall–Kier alpha value is -1.11. The number of piperidine rings is 1. The molecular weight excluding hydrogens is 298 g/mol. The van der Waals surface area contributed by atoms with Crippen LogP contribution in [0.5, 0.6) is 0 Å². The van der Waals surface area contributed by atoms with Crippen LogP contribution in [-0.2, 0) is 13.0 Å². The quantitative estimate of drug-likeness (QED) is 0.883. The van der Waals surface area contributed by atoms with E-state index in [1.807, 2.05) is 16.2 Å². The maximum absolute atomic E-state index is 12.1. The summed E-state index contributed by atoms with van der Waals surface area (Å²) < 4.78 is 0. The second-order valence-electron chi connectivity index (χ2n) is 6.24. The third-order valence-corrected chi connectivity index (χ3v) is 5.77. The number of carbonyl (C=O) groups is 1. The molecule has 2 aliphatic heterocycles. The molecule has 0 aliphatic carbocycles. The SMILES string of the molecule is O=C(NCCN1CCc2sccc2C1)N1CCC(CO)CC1. The molecule has 2 N–H and O–H groups in total. The van der Waals surface area contributed by atoms with Gasteiger partial charge in [-0.2, -0.15) is 0 Å². The molecule has 0 spiro atoms. The van der Waals surface area contributed by atoms with Crippen molar-refractivity contribution in [2.75, 3.05) is 39.3 Å². The Morgan fingerprint density at radius 3 is 2.95 bits per heavy atom. The van der Waals surface area contributed by atoms with Crippen molar-refractivity contribution in [2.24, 2.45) is 5.92 Å². The predicted octanol–water partition coefficient (Wildman–Crippen LogP) is 1.52. The van der Waals surface area contributed by atoms with E-state index >= 15 is 0 Å². The fraction of sp³-hybridized carbons (Fsp3) is 0.688. The number of amides is 2. The van der Waals surface area contributed by atoms with E-state index in [-0.39, 0.29) is 12.6 Å². The smallest absolute Gasteiger partial charge is 0.317 e. The Morgan fingerprint density at radius 1 is 1.36 bits per heavy atom. The fourth-order valence-electron chi connectivity index (χ4n) is 3.25. The van der Waals surface area contributed by atoms with Crippen LogP contribution >= 0.6 is 11.3 Å². The van der Waals surface area contributed by atoms with Crippen LogP contribution in [0.15, 0.2) is 11.4 Å². The van der Waals surface area contributed by atoms with Crippen LogP contribution in [-0.4, -0.2) is 60.3 Å². The number of carbonyl (C=O) groups excluding carboxylic acids is 1. The molecule has 1 saturated heterocycles. The van der Waals surface area contributed by atoms with Gasteiger partial charge in [-0.3, -0.25) is 4.90 Å². The largest absolute Gasteiger partial charge is 0.396 e. The molecule has 0 radical (unpaired) electrons. The summed E-state index contributed by atoms with van der Waals surface area (Å²) in [6, 6.07) is 2.26. The molecule has 5 nitrogen and oxygen atoms in total. The van der Waals surface area contributed by atoms with Crippen molar-refractivity contribution in [3.8, 4) is 0 Å². The first kappa shape index (κ1) is 15.8. The molecule has 1 aromatic heterocycles. The molecule has 3 heterocycles. The van der Waals surface area contributed by atoms with E-state index in [4.69, 9.17) is 5.11 Å². The first-order chi connectivity index (χ1) is 10.8. The maximum atomic E-state index is 12.1. The highest BCUT2D eigenvalue weighted by Gasteiger charge is 2.22. The van der Waals surface area contributed by atoms with Gasteiger partial charge in [-0.05, 0) is 42.2 Å². The third kappa shape index (κ3) is 3.80. The number of nitrogens with zero attached hydrogens (tertiary/aromatic N) is 2. The van der Waals surface area contributed by atoms with Crippen molar-refractivity contribution in [3.05, 3.63) is 21.9 Å². The summed E-state index contributed by atoms with van der Waals surface area (Å²) in [4.78, 5) is 17.9. The summed E-state index contributed by atoms with van der Waals surface area (Å²) in [6.07, 6.45) is 2.96. The molecule has 0 aromatic carbocycles. The van der Waals surface area contributed by atoms with Crippen molar-refractivity contribution in [1.82, 2.24) is 15.1 Å². The van der Waals surface area contributed by atoms with E-state index in [2.05, 4.69) is 21.7 Å².